The Hall–Kier alpha value is -2.16. The molecule has 1 N–H and O–H groups in total. The van der Waals surface area contributed by atoms with E-state index in [0.29, 0.717) is 12.4 Å². The van der Waals surface area contributed by atoms with Crippen molar-refractivity contribution in [3.63, 3.8) is 0 Å². The van der Waals surface area contributed by atoms with Crippen molar-refractivity contribution in [3.05, 3.63) is 36.2 Å². The Morgan fingerprint density at radius 2 is 1.86 bits per heavy atom. The summed E-state index contributed by atoms with van der Waals surface area (Å²) in [6.07, 6.45) is 1.71. The minimum atomic E-state index is -1.65. The van der Waals surface area contributed by atoms with Gasteiger partial charge in [-0.1, -0.05) is 12.1 Å². The van der Waals surface area contributed by atoms with Gasteiger partial charge in [0.2, 0.25) is 11.5 Å². The number of rotatable bonds is 3. The van der Waals surface area contributed by atoms with Crippen LogP contribution < -0.4 is 5.46 Å². The summed E-state index contributed by atoms with van der Waals surface area (Å²) in [5.41, 5.74) is -0.931. The highest BCUT2D eigenvalue weighted by molar-refractivity contribution is 6.62. The molecule has 28 heavy (non-hydrogen) atoms. The van der Waals surface area contributed by atoms with Crippen molar-refractivity contribution in [2.75, 3.05) is 13.6 Å². The number of likely N-dealkylation sites (N-methyl/N-ethyl adjacent to an activating group) is 1. The van der Waals surface area contributed by atoms with E-state index in [0.717, 1.165) is 11.0 Å². The van der Waals surface area contributed by atoms with Gasteiger partial charge in [-0.3, -0.25) is 4.79 Å². The van der Waals surface area contributed by atoms with Gasteiger partial charge in [0.05, 0.1) is 17.4 Å². The molecule has 0 bridgehead atoms. The zero-order chi connectivity index (χ0) is 20.3. The molecule has 1 aromatic carbocycles. The van der Waals surface area contributed by atoms with E-state index < -0.39 is 23.9 Å². The van der Waals surface area contributed by atoms with Crippen LogP contribution in [0.3, 0.4) is 0 Å². The minimum absolute atomic E-state index is 0.165. The van der Waals surface area contributed by atoms with Gasteiger partial charge >= 0.3 is 7.12 Å². The molecule has 148 valence electrons. The van der Waals surface area contributed by atoms with Crippen LogP contribution in [0.15, 0.2) is 34.9 Å². The van der Waals surface area contributed by atoms with Crippen LogP contribution in [-0.4, -0.2) is 52.8 Å². The summed E-state index contributed by atoms with van der Waals surface area (Å²) in [4.78, 5) is 18.0. The van der Waals surface area contributed by atoms with Gasteiger partial charge in [-0.2, -0.15) is 0 Å². The lowest BCUT2D eigenvalue weighted by Gasteiger charge is -2.32. The van der Waals surface area contributed by atoms with E-state index in [1.165, 1.54) is 11.1 Å². The molecule has 2 aliphatic heterocycles. The first-order chi connectivity index (χ1) is 13.0. The summed E-state index contributed by atoms with van der Waals surface area (Å²) in [6.45, 7) is 8.50. The summed E-state index contributed by atoms with van der Waals surface area (Å²) in [5, 5.41) is 10.7. The third-order valence-electron chi connectivity index (χ3n) is 6.08. The van der Waals surface area contributed by atoms with E-state index in [2.05, 4.69) is 4.98 Å². The number of aliphatic hydroxyl groups is 1. The van der Waals surface area contributed by atoms with Gasteiger partial charge in [0.15, 0.2) is 5.76 Å². The molecule has 0 unspecified atom stereocenters. The number of oxazole rings is 1. The van der Waals surface area contributed by atoms with Crippen LogP contribution in [-0.2, 0) is 19.7 Å². The van der Waals surface area contributed by atoms with Crippen LogP contribution in [0.2, 0.25) is 0 Å². The zero-order valence-corrected chi connectivity index (χ0v) is 16.9. The van der Waals surface area contributed by atoms with Crippen LogP contribution in [0.25, 0.3) is 11.5 Å². The normalized spacial score (nSPS) is 26.3. The standard InChI is InChI=1S/C20H25BN2O5/c1-18(2)19(3,4)28-21(27-18)14-8-6-7-13(11-14)16-22-12-15(26-16)20(25)9-10-23(5)17(20)24/h6-8,11-12,25H,9-10H2,1-5H3/t20-/m1/s1. The van der Waals surface area contributed by atoms with Gasteiger partial charge in [-0.25, -0.2) is 4.98 Å². The summed E-state index contributed by atoms with van der Waals surface area (Å²) >= 11 is 0. The van der Waals surface area contributed by atoms with Gasteiger partial charge in [-0.15, -0.1) is 0 Å². The predicted octanol–water partition coefficient (Wildman–Crippen LogP) is 1.69. The Bertz CT molecular complexity index is 909. The molecule has 2 aromatic rings. The van der Waals surface area contributed by atoms with E-state index in [1.54, 1.807) is 7.05 Å². The number of hydrogen-bond donors (Lipinski definition) is 1. The Labute approximate surface area is 164 Å². The maximum Gasteiger partial charge on any atom is 0.494 e. The lowest BCUT2D eigenvalue weighted by atomic mass is 9.78. The number of likely N-dealkylation sites (tertiary alicyclic amines) is 1. The van der Waals surface area contributed by atoms with Gasteiger partial charge in [-0.05, 0) is 45.3 Å². The van der Waals surface area contributed by atoms with Crippen LogP contribution >= 0.6 is 0 Å². The molecule has 1 aromatic heterocycles. The van der Waals surface area contributed by atoms with Crippen LogP contribution in [0.1, 0.15) is 39.9 Å². The maximum atomic E-state index is 12.3. The number of amides is 1. The quantitative estimate of drug-likeness (QED) is 0.811. The number of nitrogens with zero attached hydrogens (tertiary/aromatic N) is 2. The van der Waals surface area contributed by atoms with Crippen LogP contribution in [0.5, 0.6) is 0 Å². The fraction of sp³-hybridized carbons (Fsp3) is 0.500. The minimum Gasteiger partial charge on any atom is -0.438 e. The van der Waals surface area contributed by atoms with Crippen LogP contribution in [0.4, 0.5) is 0 Å². The largest absolute Gasteiger partial charge is 0.494 e. The molecule has 4 rings (SSSR count). The molecule has 1 atom stereocenters. The van der Waals surface area contributed by atoms with Gasteiger partial charge in [0, 0.05) is 25.6 Å². The van der Waals surface area contributed by atoms with Crippen molar-refractivity contribution in [1.29, 1.82) is 0 Å². The molecule has 1 amide bonds. The van der Waals surface area contributed by atoms with E-state index in [-0.39, 0.29) is 18.1 Å². The number of carbonyl (C=O) groups excluding carboxylic acids is 1. The van der Waals surface area contributed by atoms with E-state index in [1.807, 2.05) is 52.0 Å². The first-order valence-electron chi connectivity index (χ1n) is 9.44. The molecule has 0 aliphatic carbocycles. The monoisotopic (exact) mass is 384 g/mol. The zero-order valence-electron chi connectivity index (χ0n) is 16.9. The molecule has 2 aliphatic rings. The smallest absolute Gasteiger partial charge is 0.438 e. The lowest BCUT2D eigenvalue weighted by molar-refractivity contribution is -0.144. The average Bonchev–Trinajstić information content (AvgIpc) is 3.29. The predicted molar refractivity (Wildman–Crippen MR) is 104 cm³/mol. The summed E-state index contributed by atoms with van der Waals surface area (Å²) in [7, 11) is 1.17. The second-order valence-electron chi connectivity index (χ2n) is 8.58. The number of aromatic nitrogens is 1. The number of benzene rings is 1. The second-order valence-corrected chi connectivity index (χ2v) is 8.58. The number of carbonyl (C=O) groups is 1. The first kappa shape index (κ1) is 19.2. The fourth-order valence-corrected chi connectivity index (χ4v) is 3.48. The Morgan fingerprint density at radius 1 is 1.18 bits per heavy atom. The lowest BCUT2D eigenvalue weighted by Crippen LogP contribution is -2.41. The Balaban J connectivity index is 1.62. The van der Waals surface area contributed by atoms with Crippen molar-refractivity contribution < 1.29 is 23.6 Å². The Kier molecular flexibility index (Phi) is 4.23. The van der Waals surface area contributed by atoms with Crippen molar-refractivity contribution in [2.24, 2.45) is 0 Å². The molecular weight excluding hydrogens is 359 g/mol. The topological polar surface area (TPSA) is 85.0 Å². The van der Waals surface area contributed by atoms with Crippen LogP contribution in [0, 0.1) is 0 Å². The van der Waals surface area contributed by atoms with E-state index in [9.17, 15) is 9.90 Å². The highest BCUT2D eigenvalue weighted by atomic mass is 16.7. The van der Waals surface area contributed by atoms with Crippen molar-refractivity contribution in [3.8, 4) is 11.5 Å². The van der Waals surface area contributed by atoms with Crippen molar-refractivity contribution in [1.82, 2.24) is 9.88 Å². The second kappa shape index (κ2) is 6.17. The fourth-order valence-electron chi connectivity index (χ4n) is 3.48. The molecular formula is C20H25BN2O5. The molecule has 2 fully saturated rings. The summed E-state index contributed by atoms with van der Waals surface area (Å²) in [5.74, 6) is 0.128. The Morgan fingerprint density at radius 3 is 2.46 bits per heavy atom. The molecule has 0 saturated carbocycles. The SMILES string of the molecule is CN1CC[C@@](O)(c2cnc(-c3cccc(B4OC(C)(C)C(C)(C)O4)c3)o2)C1=O. The maximum absolute atomic E-state index is 12.3. The molecule has 3 heterocycles. The first-order valence-corrected chi connectivity index (χ1v) is 9.44. The number of hydrogen-bond acceptors (Lipinski definition) is 6. The van der Waals surface area contributed by atoms with E-state index in [4.69, 9.17) is 13.7 Å². The van der Waals surface area contributed by atoms with Crippen molar-refractivity contribution >= 4 is 18.5 Å². The third-order valence-corrected chi connectivity index (χ3v) is 6.08. The molecule has 2 saturated heterocycles. The highest BCUT2D eigenvalue weighted by Gasteiger charge is 2.52. The third kappa shape index (κ3) is 2.87. The molecule has 7 nitrogen and oxygen atoms in total. The highest BCUT2D eigenvalue weighted by Crippen LogP contribution is 2.37. The van der Waals surface area contributed by atoms with Gasteiger partial charge in [0.1, 0.15) is 0 Å². The molecule has 0 spiro atoms. The summed E-state index contributed by atoms with van der Waals surface area (Å²) in [6, 6.07) is 7.56. The van der Waals surface area contributed by atoms with E-state index >= 15 is 0 Å². The van der Waals surface area contributed by atoms with Crippen molar-refractivity contribution in [2.45, 2.75) is 50.9 Å². The molecule has 0 radical (unpaired) electrons. The van der Waals surface area contributed by atoms with Gasteiger partial charge < -0.3 is 23.7 Å². The summed E-state index contributed by atoms with van der Waals surface area (Å²) < 4.78 is 18.0. The average molecular weight is 384 g/mol. The molecule has 8 heteroatoms. The van der Waals surface area contributed by atoms with Gasteiger partial charge in [0.25, 0.3) is 5.91 Å².